The summed E-state index contributed by atoms with van der Waals surface area (Å²) >= 11 is 0. The summed E-state index contributed by atoms with van der Waals surface area (Å²) in [7, 11) is 0. The third-order valence-corrected chi connectivity index (χ3v) is 2.15. The number of nitrogens with zero attached hydrogens (tertiary/aromatic N) is 1. The molecule has 0 aliphatic carbocycles. The number of halogens is 1. The van der Waals surface area contributed by atoms with Crippen LogP contribution in [0.1, 0.15) is 23.7 Å². The van der Waals surface area contributed by atoms with Crippen molar-refractivity contribution in [1.82, 2.24) is 4.98 Å². The minimum Gasteiger partial charge on any atom is -0.390 e. The van der Waals surface area contributed by atoms with Crippen LogP contribution in [0.25, 0.3) is 0 Å². The van der Waals surface area contributed by atoms with Crippen molar-refractivity contribution in [3.05, 3.63) is 29.3 Å². The zero-order valence-electron chi connectivity index (χ0n) is 8.52. The number of aryl methyl sites for hydroxylation is 1. The second kappa shape index (κ2) is 5.16. The SMILES string of the molecule is Cc1cnc(F)c(C(O)C(O)CCN)c1. The topological polar surface area (TPSA) is 79.4 Å². The number of aromatic nitrogens is 1. The van der Waals surface area contributed by atoms with E-state index in [1.165, 1.54) is 12.3 Å². The average molecular weight is 214 g/mol. The minimum absolute atomic E-state index is 0.0101. The number of hydrogen-bond donors (Lipinski definition) is 3. The minimum atomic E-state index is -1.28. The lowest BCUT2D eigenvalue weighted by Crippen LogP contribution is -2.23. The van der Waals surface area contributed by atoms with Crippen LogP contribution in [0.4, 0.5) is 4.39 Å². The van der Waals surface area contributed by atoms with Gasteiger partial charge in [-0.1, -0.05) is 0 Å². The van der Waals surface area contributed by atoms with Gasteiger partial charge in [-0.05, 0) is 31.5 Å². The highest BCUT2D eigenvalue weighted by Gasteiger charge is 2.21. The van der Waals surface area contributed by atoms with Crippen molar-refractivity contribution in [1.29, 1.82) is 0 Å². The standard InChI is InChI=1S/C10H15FN2O2/c1-6-4-7(10(11)13-5-6)9(15)8(14)2-3-12/h4-5,8-9,14-15H,2-3,12H2,1H3. The molecule has 1 rings (SSSR count). The summed E-state index contributed by atoms with van der Waals surface area (Å²) in [6.07, 6.45) is -0.760. The molecule has 0 bridgehead atoms. The number of aliphatic hydroxyl groups excluding tert-OH is 2. The second-order valence-corrected chi connectivity index (χ2v) is 3.48. The fraction of sp³-hybridized carbons (Fsp3) is 0.500. The molecule has 2 unspecified atom stereocenters. The summed E-state index contributed by atoms with van der Waals surface area (Å²) in [5.41, 5.74) is 5.97. The predicted octanol–water partition coefficient (Wildman–Crippen LogP) is 0.272. The first kappa shape index (κ1) is 12.0. The molecule has 5 heteroatoms. The summed E-state index contributed by atoms with van der Waals surface area (Å²) in [4.78, 5) is 3.47. The molecule has 2 atom stereocenters. The van der Waals surface area contributed by atoms with Crippen molar-refractivity contribution in [3.63, 3.8) is 0 Å². The van der Waals surface area contributed by atoms with Crippen LogP contribution in [0.2, 0.25) is 0 Å². The molecular weight excluding hydrogens is 199 g/mol. The molecule has 1 aromatic heterocycles. The number of hydrogen-bond acceptors (Lipinski definition) is 4. The molecule has 0 aliphatic heterocycles. The molecule has 84 valence electrons. The molecule has 0 aromatic carbocycles. The van der Waals surface area contributed by atoms with Gasteiger partial charge in [0.25, 0.3) is 0 Å². The maximum absolute atomic E-state index is 13.2. The molecular formula is C10H15FN2O2. The number of nitrogens with two attached hydrogens (primary N) is 1. The Morgan fingerprint density at radius 2 is 2.20 bits per heavy atom. The summed E-state index contributed by atoms with van der Waals surface area (Å²) < 4.78 is 13.2. The summed E-state index contributed by atoms with van der Waals surface area (Å²) in [5.74, 6) is -0.760. The Labute approximate surface area is 87.6 Å². The smallest absolute Gasteiger partial charge is 0.218 e. The summed E-state index contributed by atoms with van der Waals surface area (Å²) in [6.45, 7) is 1.97. The van der Waals surface area contributed by atoms with E-state index in [2.05, 4.69) is 4.98 Å². The van der Waals surface area contributed by atoms with E-state index < -0.39 is 18.2 Å². The van der Waals surface area contributed by atoms with Gasteiger partial charge in [-0.2, -0.15) is 4.39 Å². The molecule has 0 aliphatic rings. The fourth-order valence-corrected chi connectivity index (χ4v) is 1.32. The molecule has 0 radical (unpaired) electrons. The normalized spacial score (nSPS) is 15.0. The molecule has 15 heavy (non-hydrogen) atoms. The molecule has 1 aromatic rings. The van der Waals surface area contributed by atoms with Crippen LogP contribution < -0.4 is 5.73 Å². The zero-order chi connectivity index (χ0) is 11.4. The largest absolute Gasteiger partial charge is 0.390 e. The molecule has 1 heterocycles. The monoisotopic (exact) mass is 214 g/mol. The van der Waals surface area contributed by atoms with E-state index in [1.807, 2.05) is 0 Å². The highest BCUT2D eigenvalue weighted by Crippen LogP contribution is 2.21. The van der Waals surface area contributed by atoms with E-state index in [-0.39, 0.29) is 18.5 Å². The van der Waals surface area contributed by atoms with Gasteiger partial charge in [0.05, 0.1) is 6.10 Å². The van der Waals surface area contributed by atoms with Gasteiger partial charge in [0.15, 0.2) is 0 Å². The summed E-state index contributed by atoms with van der Waals surface area (Å²) in [5, 5.41) is 19.1. The number of aliphatic hydroxyl groups is 2. The van der Waals surface area contributed by atoms with Crippen molar-refractivity contribution < 1.29 is 14.6 Å². The van der Waals surface area contributed by atoms with Gasteiger partial charge in [-0.3, -0.25) is 0 Å². The Bertz CT molecular complexity index is 333. The number of pyridine rings is 1. The maximum Gasteiger partial charge on any atom is 0.218 e. The number of rotatable bonds is 4. The van der Waals surface area contributed by atoms with Crippen molar-refractivity contribution >= 4 is 0 Å². The van der Waals surface area contributed by atoms with Gasteiger partial charge in [-0.15, -0.1) is 0 Å². The molecule has 0 saturated carbocycles. The van der Waals surface area contributed by atoms with Gasteiger partial charge in [-0.25, -0.2) is 4.98 Å². The van der Waals surface area contributed by atoms with Gasteiger partial charge < -0.3 is 15.9 Å². The quantitative estimate of drug-likeness (QED) is 0.629. The first-order valence-corrected chi connectivity index (χ1v) is 4.74. The van der Waals surface area contributed by atoms with Crippen LogP contribution >= 0.6 is 0 Å². The van der Waals surface area contributed by atoms with E-state index in [1.54, 1.807) is 6.92 Å². The van der Waals surface area contributed by atoms with Gasteiger partial charge >= 0.3 is 0 Å². The van der Waals surface area contributed by atoms with Gasteiger partial charge in [0.2, 0.25) is 5.95 Å². The van der Waals surface area contributed by atoms with Crippen molar-refractivity contribution in [2.45, 2.75) is 25.6 Å². The van der Waals surface area contributed by atoms with Crippen LogP contribution in [0.3, 0.4) is 0 Å². The average Bonchev–Trinajstić information content (AvgIpc) is 2.21. The maximum atomic E-state index is 13.2. The van der Waals surface area contributed by atoms with Crippen LogP contribution in [-0.2, 0) is 0 Å². The van der Waals surface area contributed by atoms with Crippen molar-refractivity contribution in [2.75, 3.05) is 6.54 Å². The third-order valence-electron chi connectivity index (χ3n) is 2.15. The highest BCUT2D eigenvalue weighted by molar-refractivity contribution is 5.21. The van der Waals surface area contributed by atoms with Crippen molar-refractivity contribution in [3.8, 4) is 0 Å². The summed E-state index contributed by atoms with van der Waals surface area (Å²) in [6, 6.07) is 1.47. The highest BCUT2D eigenvalue weighted by atomic mass is 19.1. The lowest BCUT2D eigenvalue weighted by Gasteiger charge is -2.17. The second-order valence-electron chi connectivity index (χ2n) is 3.48. The van der Waals surface area contributed by atoms with Crippen LogP contribution in [-0.4, -0.2) is 27.8 Å². The van der Waals surface area contributed by atoms with Crippen LogP contribution in [0.5, 0.6) is 0 Å². The molecule has 0 amide bonds. The molecule has 0 fully saturated rings. The zero-order valence-corrected chi connectivity index (χ0v) is 8.52. The Kier molecular flexibility index (Phi) is 4.14. The van der Waals surface area contributed by atoms with Crippen LogP contribution in [0.15, 0.2) is 12.3 Å². The van der Waals surface area contributed by atoms with E-state index in [9.17, 15) is 14.6 Å². The fourth-order valence-electron chi connectivity index (χ4n) is 1.32. The Hall–Kier alpha value is -1.04. The molecule has 0 saturated heterocycles. The van der Waals surface area contributed by atoms with E-state index in [0.29, 0.717) is 0 Å². The lowest BCUT2D eigenvalue weighted by molar-refractivity contribution is 0.0125. The molecule has 4 nitrogen and oxygen atoms in total. The van der Waals surface area contributed by atoms with E-state index in [4.69, 9.17) is 5.73 Å². The van der Waals surface area contributed by atoms with E-state index >= 15 is 0 Å². The van der Waals surface area contributed by atoms with E-state index in [0.717, 1.165) is 5.56 Å². The van der Waals surface area contributed by atoms with Gasteiger partial charge in [0.1, 0.15) is 6.10 Å². The van der Waals surface area contributed by atoms with Gasteiger partial charge in [0, 0.05) is 11.8 Å². The first-order valence-electron chi connectivity index (χ1n) is 4.74. The van der Waals surface area contributed by atoms with Crippen molar-refractivity contribution in [2.24, 2.45) is 5.73 Å². The molecule has 4 N–H and O–H groups in total. The lowest BCUT2D eigenvalue weighted by atomic mass is 10.0. The Morgan fingerprint density at radius 3 is 2.80 bits per heavy atom. The Balaban J connectivity index is 2.89. The Morgan fingerprint density at radius 1 is 1.53 bits per heavy atom. The first-order chi connectivity index (χ1) is 7.06. The third kappa shape index (κ3) is 2.95. The van der Waals surface area contributed by atoms with Crippen LogP contribution in [0, 0.1) is 12.9 Å². The molecule has 0 spiro atoms. The predicted molar refractivity (Wildman–Crippen MR) is 53.6 cm³/mol.